The van der Waals surface area contributed by atoms with Gasteiger partial charge >= 0.3 is 0 Å². The number of rotatable bonds is 9. The largest absolute Gasteiger partial charge is 0.488 e. The zero-order valence-electron chi connectivity index (χ0n) is 15.5. The fourth-order valence-corrected chi connectivity index (χ4v) is 3.21. The maximum absolute atomic E-state index is 5.95. The van der Waals surface area contributed by atoms with E-state index >= 15 is 0 Å². The Morgan fingerprint density at radius 2 is 1.28 bits per heavy atom. The van der Waals surface area contributed by atoms with Crippen molar-refractivity contribution in [3.8, 4) is 5.75 Å². The fraction of sp³-hybridized carbons (Fsp3) is 0.364. The number of quaternary nitrogens is 1. The van der Waals surface area contributed by atoms with Crippen molar-refractivity contribution >= 4 is 28.1 Å². The second kappa shape index (κ2) is 9.79. The molecule has 0 aromatic heterocycles. The van der Waals surface area contributed by atoms with Crippen molar-refractivity contribution in [1.82, 2.24) is 0 Å². The first kappa shape index (κ1) is 19.7. The molecule has 0 spiro atoms. The number of ether oxygens (including phenoxy) is 1. The Kier molecular flexibility index (Phi) is 7.73. The van der Waals surface area contributed by atoms with Crippen LogP contribution < -0.4 is 4.74 Å². The molecule has 2 nitrogen and oxygen atoms in total. The molecule has 0 aliphatic rings. The lowest BCUT2D eigenvalue weighted by Gasteiger charge is -2.35. The molecule has 0 N–H and O–H groups in total. The number of hydrogen-bond acceptors (Lipinski definition) is 1. The molecule has 0 saturated heterocycles. The van der Waals surface area contributed by atoms with Crippen LogP contribution in [0.5, 0.6) is 5.75 Å². The lowest BCUT2D eigenvalue weighted by atomic mass is 10.1. The predicted molar refractivity (Wildman–Crippen MR) is 112 cm³/mol. The fourth-order valence-electron chi connectivity index (χ4n) is 2.94. The molecule has 134 valence electrons. The highest BCUT2D eigenvalue weighted by Crippen LogP contribution is 2.16. The lowest BCUT2D eigenvalue weighted by Crippen LogP contribution is -2.49. The summed E-state index contributed by atoms with van der Waals surface area (Å²) >= 11 is 3.46. The average Bonchev–Trinajstić information content (AvgIpc) is 2.66. The summed E-state index contributed by atoms with van der Waals surface area (Å²) < 4.78 is 8.17. The summed E-state index contributed by atoms with van der Waals surface area (Å²) in [6.07, 6.45) is 4.25. The van der Waals surface area contributed by atoms with E-state index in [0.717, 1.165) is 47.5 Å². The summed E-state index contributed by atoms with van der Waals surface area (Å²) in [6.45, 7) is 12.1. The van der Waals surface area contributed by atoms with Crippen molar-refractivity contribution < 1.29 is 9.22 Å². The van der Waals surface area contributed by atoms with Crippen LogP contribution >= 0.6 is 15.9 Å². The standard InChI is InChI=1S/C22H29BrNO/c1-4-24(5-2,6-3)17-18-25-22-15-11-20(12-16-22)8-7-19-9-13-21(23)14-10-19/h7-16H,4-6,17-18H2,1-3H3/q+1/b8-7+. The maximum atomic E-state index is 5.95. The molecule has 0 bridgehead atoms. The molecular weight excluding hydrogens is 374 g/mol. The van der Waals surface area contributed by atoms with E-state index in [2.05, 4.69) is 97.4 Å². The van der Waals surface area contributed by atoms with E-state index in [9.17, 15) is 0 Å². The summed E-state index contributed by atoms with van der Waals surface area (Å²) in [6, 6.07) is 16.6. The molecule has 0 heterocycles. The van der Waals surface area contributed by atoms with Gasteiger partial charge in [-0.25, -0.2) is 0 Å². The molecule has 0 unspecified atom stereocenters. The third-order valence-electron chi connectivity index (χ3n) is 5.07. The van der Waals surface area contributed by atoms with Crippen molar-refractivity contribution in [2.45, 2.75) is 20.8 Å². The van der Waals surface area contributed by atoms with Crippen LogP contribution in [0.4, 0.5) is 0 Å². The van der Waals surface area contributed by atoms with Crippen LogP contribution in [0.1, 0.15) is 31.9 Å². The van der Waals surface area contributed by atoms with Crippen LogP contribution in [-0.2, 0) is 0 Å². The van der Waals surface area contributed by atoms with Gasteiger partial charge in [-0.05, 0) is 56.2 Å². The van der Waals surface area contributed by atoms with Gasteiger partial charge in [-0.2, -0.15) is 0 Å². The minimum atomic E-state index is 0.767. The second-order valence-corrected chi connectivity index (χ2v) is 7.23. The molecule has 2 aromatic carbocycles. The van der Waals surface area contributed by atoms with Gasteiger partial charge in [-0.3, -0.25) is 0 Å². The highest BCUT2D eigenvalue weighted by Gasteiger charge is 2.20. The minimum Gasteiger partial charge on any atom is -0.488 e. The molecule has 0 fully saturated rings. The van der Waals surface area contributed by atoms with Gasteiger partial charge < -0.3 is 9.22 Å². The lowest BCUT2D eigenvalue weighted by molar-refractivity contribution is -0.923. The Balaban J connectivity index is 1.88. The highest BCUT2D eigenvalue weighted by molar-refractivity contribution is 9.10. The minimum absolute atomic E-state index is 0.767. The third kappa shape index (κ3) is 6.02. The molecule has 3 heteroatoms. The zero-order chi connectivity index (χ0) is 18.1. The van der Waals surface area contributed by atoms with Gasteiger partial charge in [0, 0.05) is 4.47 Å². The molecule has 0 atom stereocenters. The molecule has 2 rings (SSSR count). The number of halogens is 1. The molecular formula is C22H29BrNO+. The number of likely N-dealkylation sites (N-methyl/N-ethyl adjacent to an activating group) is 1. The van der Waals surface area contributed by atoms with Crippen LogP contribution in [0.2, 0.25) is 0 Å². The average molecular weight is 403 g/mol. The van der Waals surface area contributed by atoms with E-state index in [1.165, 1.54) is 11.1 Å². The van der Waals surface area contributed by atoms with Crippen LogP contribution in [-0.4, -0.2) is 37.3 Å². The van der Waals surface area contributed by atoms with Gasteiger partial charge in [0.2, 0.25) is 0 Å². The molecule has 2 aromatic rings. The van der Waals surface area contributed by atoms with Crippen LogP contribution in [0.3, 0.4) is 0 Å². The number of hydrogen-bond donors (Lipinski definition) is 0. The number of nitrogens with zero attached hydrogens (tertiary/aromatic N) is 1. The normalized spacial score (nSPS) is 11.8. The second-order valence-electron chi connectivity index (χ2n) is 6.32. The van der Waals surface area contributed by atoms with Crippen LogP contribution in [0, 0.1) is 0 Å². The summed E-state index contributed by atoms with van der Waals surface area (Å²) in [5, 5.41) is 0. The first-order chi connectivity index (χ1) is 12.1. The maximum Gasteiger partial charge on any atom is 0.137 e. The van der Waals surface area contributed by atoms with E-state index in [1.807, 2.05) is 0 Å². The molecule has 0 saturated carbocycles. The van der Waals surface area contributed by atoms with Gasteiger partial charge in [0.15, 0.2) is 0 Å². The molecule has 0 amide bonds. The Bertz CT molecular complexity index is 649. The Hall–Kier alpha value is -1.58. The van der Waals surface area contributed by atoms with Crippen molar-refractivity contribution in [3.63, 3.8) is 0 Å². The molecule has 25 heavy (non-hydrogen) atoms. The van der Waals surface area contributed by atoms with E-state index in [-0.39, 0.29) is 0 Å². The first-order valence-corrected chi connectivity index (χ1v) is 9.91. The summed E-state index contributed by atoms with van der Waals surface area (Å²) in [7, 11) is 0. The van der Waals surface area contributed by atoms with Crippen molar-refractivity contribution in [2.24, 2.45) is 0 Å². The predicted octanol–water partition coefficient (Wildman–Crippen LogP) is 5.87. The molecule has 0 aliphatic carbocycles. The monoisotopic (exact) mass is 402 g/mol. The van der Waals surface area contributed by atoms with E-state index in [0.29, 0.717) is 0 Å². The third-order valence-corrected chi connectivity index (χ3v) is 5.59. The van der Waals surface area contributed by atoms with Gasteiger partial charge in [0.25, 0.3) is 0 Å². The van der Waals surface area contributed by atoms with Crippen molar-refractivity contribution in [1.29, 1.82) is 0 Å². The van der Waals surface area contributed by atoms with Crippen molar-refractivity contribution in [3.05, 3.63) is 64.1 Å². The zero-order valence-corrected chi connectivity index (χ0v) is 17.1. The van der Waals surface area contributed by atoms with E-state index in [4.69, 9.17) is 4.74 Å². The van der Waals surface area contributed by atoms with Gasteiger partial charge in [-0.1, -0.05) is 52.3 Å². The Labute approximate surface area is 160 Å². The van der Waals surface area contributed by atoms with Crippen LogP contribution in [0.15, 0.2) is 53.0 Å². The number of benzene rings is 2. The van der Waals surface area contributed by atoms with Crippen molar-refractivity contribution in [2.75, 3.05) is 32.8 Å². The first-order valence-electron chi connectivity index (χ1n) is 9.12. The summed E-state index contributed by atoms with van der Waals surface area (Å²) in [5.41, 5.74) is 2.37. The highest BCUT2D eigenvalue weighted by atomic mass is 79.9. The van der Waals surface area contributed by atoms with Gasteiger partial charge in [0.05, 0.1) is 19.6 Å². The SMILES string of the molecule is CC[N+](CC)(CC)CCOc1ccc(/C=C/c2ccc(Br)cc2)cc1. The Morgan fingerprint density at radius 1 is 0.800 bits per heavy atom. The molecule has 0 radical (unpaired) electrons. The van der Waals surface area contributed by atoms with E-state index in [1.54, 1.807) is 0 Å². The van der Waals surface area contributed by atoms with Gasteiger partial charge in [-0.15, -0.1) is 0 Å². The summed E-state index contributed by atoms with van der Waals surface area (Å²) in [5.74, 6) is 0.946. The smallest absolute Gasteiger partial charge is 0.137 e. The summed E-state index contributed by atoms with van der Waals surface area (Å²) in [4.78, 5) is 0. The van der Waals surface area contributed by atoms with E-state index < -0.39 is 0 Å². The van der Waals surface area contributed by atoms with Gasteiger partial charge in [0.1, 0.15) is 18.9 Å². The Morgan fingerprint density at radius 3 is 1.76 bits per heavy atom. The topological polar surface area (TPSA) is 9.23 Å². The van der Waals surface area contributed by atoms with Crippen LogP contribution in [0.25, 0.3) is 12.2 Å². The molecule has 0 aliphatic heterocycles. The quantitative estimate of drug-likeness (QED) is 0.376.